The molecule has 28 heavy (non-hydrogen) atoms. The maximum atomic E-state index is 12.9. The number of nitrogens with one attached hydrogen (secondary N) is 1. The summed E-state index contributed by atoms with van der Waals surface area (Å²) < 4.78 is 0. The van der Waals surface area contributed by atoms with Crippen molar-refractivity contribution in [1.82, 2.24) is 15.1 Å². The second kappa shape index (κ2) is 7.56. The van der Waals surface area contributed by atoms with Crippen molar-refractivity contribution in [1.29, 1.82) is 0 Å². The Kier molecular flexibility index (Phi) is 4.96. The number of hydrogen-bond acceptors (Lipinski definition) is 4. The summed E-state index contributed by atoms with van der Waals surface area (Å²) in [6, 6.07) is 14.4. The first-order valence-corrected chi connectivity index (χ1v) is 9.59. The number of fused-ring (bicyclic) bond motifs is 1. The molecule has 3 amide bonds. The zero-order chi connectivity index (χ0) is 19.7. The highest BCUT2D eigenvalue weighted by atomic mass is 16.2. The maximum absolute atomic E-state index is 12.9. The van der Waals surface area contributed by atoms with Crippen LogP contribution in [-0.2, 0) is 6.54 Å². The molecule has 1 unspecified atom stereocenters. The molecule has 2 aliphatic heterocycles. The Morgan fingerprint density at radius 2 is 1.79 bits per heavy atom. The van der Waals surface area contributed by atoms with Crippen LogP contribution >= 0.6 is 0 Å². The van der Waals surface area contributed by atoms with E-state index >= 15 is 0 Å². The first-order valence-electron chi connectivity index (χ1n) is 9.59. The van der Waals surface area contributed by atoms with Crippen molar-refractivity contribution in [2.24, 2.45) is 0 Å². The summed E-state index contributed by atoms with van der Waals surface area (Å²) in [5.41, 5.74) is 2.23. The molecule has 0 radical (unpaired) electrons. The van der Waals surface area contributed by atoms with E-state index in [0.717, 1.165) is 24.9 Å². The van der Waals surface area contributed by atoms with Crippen molar-refractivity contribution in [2.75, 3.05) is 20.1 Å². The van der Waals surface area contributed by atoms with Gasteiger partial charge in [0.05, 0.1) is 17.7 Å². The molecule has 1 N–H and O–H groups in total. The molecular weight excluding hydrogens is 354 g/mol. The van der Waals surface area contributed by atoms with Gasteiger partial charge in [0.1, 0.15) is 0 Å². The summed E-state index contributed by atoms with van der Waals surface area (Å²) >= 11 is 0. The first kappa shape index (κ1) is 18.4. The number of rotatable bonds is 4. The van der Waals surface area contributed by atoms with Crippen LogP contribution in [0.1, 0.15) is 49.5 Å². The minimum absolute atomic E-state index is 0.0100. The van der Waals surface area contributed by atoms with Crippen molar-refractivity contribution in [2.45, 2.75) is 25.4 Å². The summed E-state index contributed by atoms with van der Waals surface area (Å²) in [5, 5.41) is 3.24. The quantitative estimate of drug-likeness (QED) is 0.830. The lowest BCUT2D eigenvalue weighted by Gasteiger charge is -2.32. The summed E-state index contributed by atoms with van der Waals surface area (Å²) in [7, 11) is 1.92. The summed E-state index contributed by atoms with van der Waals surface area (Å²) in [4.78, 5) is 41.2. The SMILES string of the molecule is CNC1CCCN(C(=O)c2cccc(CN3C(=O)c4ccccc4C3=O)c2)C1. The fourth-order valence-electron chi connectivity index (χ4n) is 3.95. The molecule has 0 bridgehead atoms. The van der Waals surface area contributed by atoms with Crippen LogP contribution in [0.3, 0.4) is 0 Å². The predicted molar refractivity (Wildman–Crippen MR) is 105 cm³/mol. The maximum Gasteiger partial charge on any atom is 0.261 e. The zero-order valence-electron chi connectivity index (χ0n) is 15.9. The molecule has 0 saturated carbocycles. The fraction of sp³-hybridized carbons (Fsp3) is 0.318. The number of amides is 3. The number of nitrogens with zero attached hydrogens (tertiary/aromatic N) is 2. The Morgan fingerprint density at radius 1 is 1.07 bits per heavy atom. The number of carbonyl (C=O) groups is 3. The Hall–Kier alpha value is -2.99. The van der Waals surface area contributed by atoms with Crippen LogP contribution in [0, 0.1) is 0 Å². The van der Waals surface area contributed by atoms with E-state index in [4.69, 9.17) is 0 Å². The molecule has 1 atom stereocenters. The third-order valence-electron chi connectivity index (χ3n) is 5.51. The lowest BCUT2D eigenvalue weighted by Crippen LogP contribution is -2.47. The predicted octanol–water partition coefficient (Wildman–Crippen LogP) is 2.31. The van der Waals surface area contributed by atoms with Gasteiger partial charge in [0.25, 0.3) is 17.7 Å². The van der Waals surface area contributed by atoms with Crippen LogP contribution < -0.4 is 5.32 Å². The zero-order valence-corrected chi connectivity index (χ0v) is 15.9. The van der Waals surface area contributed by atoms with E-state index in [9.17, 15) is 14.4 Å². The van der Waals surface area contributed by atoms with Gasteiger partial charge in [-0.15, -0.1) is 0 Å². The smallest absolute Gasteiger partial charge is 0.261 e. The molecule has 0 aliphatic carbocycles. The average Bonchev–Trinajstić information content (AvgIpc) is 2.98. The van der Waals surface area contributed by atoms with Crippen molar-refractivity contribution in [3.05, 3.63) is 70.8 Å². The standard InChI is InChI=1S/C22H23N3O3/c1-23-17-8-5-11-24(14-17)20(26)16-7-4-6-15(12-16)13-25-21(27)18-9-2-3-10-19(18)22(25)28/h2-4,6-7,9-10,12,17,23H,5,8,11,13-14H2,1H3. The molecule has 6 nitrogen and oxygen atoms in total. The number of hydrogen-bond donors (Lipinski definition) is 1. The van der Waals surface area contributed by atoms with E-state index in [1.165, 1.54) is 4.90 Å². The van der Waals surface area contributed by atoms with Crippen LogP contribution in [0.2, 0.25) is 0 Å². The normalized spacial score (nSPS) is 19.1. The van der Waals surface area contributed by atoms with Crippen LogP contribution in [0.15, 0.2) is 48.5 Å². The molecule has 1 fully saturated rings. The molecule has 4 rings (SSSR count). The van der Waals surface area contributed by atoms with Crippen molar-refractivity contribution >= 4 is 17.7 Å². The molecule has 144 valence electrons. The van der Waals surface area contributed by atoms with Gasteiger partial charge in [-0.2, -0.15) is 0 Å². The van der Waals surface area contributed by atoms with Gasteiger partial charge in [0.15, 0.2) is 0 Å². The van der Waals surface area contributed by atoms with Gasteiger partial charge in [0.2, 0.25) is 0 Å². The molecule has 2 heterocycles. The Balaban J connectivity index is 1.51. The van der Waals surface area contributed by atoms with Crippen LogP contribution in [-0.4, -0.2) is 53.7 Å². The Labute approximate surface area is 164 Å². The van der Waals surface area contributed by atoms with E-state index in [1.54, 1.807) is 42.5 Å². The van der Waals surface area contributed by atoms with Crippen molar-refractivity contribution in [3.8, 4) is 0 Å². The second-order valence-electron chi connectivity index (χ2n) is 7.32. The summed E-state index contributed by atoms with van der Waals surface area (Å²) in [6.45, 7) is 1.60. The van der Waals surface area contributed by atoms with Crippen molar-refractivity contribution < 1.29 is 14.4 Å². The number of imide groups is 1. The fourth-order valence-corrected chi connectivity index (χ4v) is 3.95. The minimum atomic E-state index is -0.287. The average molecular weight is 377 g/mol. The van der Waals surface area contributed by atoms with Crippen LogP contribution in [0.5, 0.6) is 0 Å². The van der Waals surface area contributed by atoms with E-state index in [0.29, 0.717) is 29.3 Å². The van der Waals surface area contributed by atoms with Crippen molar-refractivity contribution in [3.63, 3.8) is 0 Å². The minimum Gasteiger partial charge on any atom is -0.337 e. The summed E-state index contributed by atoms with van der Waals surface area (Å²) in [5.74, 6) is -0.584. The van der Waals surface area contributed by atoms with Gasteiger partial charge in [-0.3, -0.25) is 19.3 Å². The molecule has 6 heteroatoms. The number of piperidine rings is 1. The topological polar surface area (TPSA) is 69.7 Å². The van der Waals surface area contributed by atoms with Gasteiger partial charge < -0.3 is 10.2 Å². The molecule has 2 aromatic rings. The monoisotopic (exact) mass is 377 g/mol. The highest BCUT2D eigenvalue weighted by Gasteiger charge is 2.35. The molecule has 1 saturated heterocycles. The lowest BCUT2D eigenvalue weighted by molar-refractivity contribution is 0.0642. The highest BCUT2D eigenvalue weighted by molar-refractivity contribution is 6.21. The van der Waals surface area contributed by atoms with Gasteiger partial charge in [-0.05, 0) is 49.7 Å². The third-order valence-corrected chi connectivity index (χ3v) is 5.51. The molecular formula is C22H23N3O3. The Bertz CT molecular complexity index is 905. The third kappa shape index (κ3) is 3.31. The van der Waals surface area contributed by atoms with Gasteiger partial charge in [-0.25, -0.2) is 0 Å². The molecule has 0 aromatic heterocycles. The van der Waals surface area contributed by atoms with Gasteiger partial charge in [0, 0.05) is 24.7 Å². The molecule has 2 aromatic carbocycles. The highest BCUT2D eigenvalue weighted by Crippen LogP contribution is 2.24. The van der Waals surface area contributed by atoms with E-state index in [1.807, 2.05) is 18.0 Å². The van der Waals surface area contributed by atoms with E-state index < -0.39 is 0 Å². The largest absolute Gasteiger partial charge is 0.337 e. The number of likely N-dealkylation sites (tertiary alicyclic amines) is 1. The number of likely N-dealkylation sites (N-methyl/N-ethyl adjacent to an activating group) is 1. The Morgan fingerprint density at radius 3 is 2.46 bits per heavy atom. The number of carbonyl (C=O) groups excluding carboxylic acids is 3. The second-order valence-corrected chi connectivity index (χ2v) is 7.32. The number of benzene rings is 2. The van der Waals surface area contributed by atoms with Gasteiger partial charge >= 0.3 is 0 Å². The van der Waals surface area contributed by atoms with Crippen LogP contribution in [0.25, 0.3) is 0 Å². The van der Waals surface area contributed by atoms with E-state index in [2.05, 4.69) is 5.32 Å². The van der Waals surface area contributed by atoms with Crippen LogP contribution in [0.4, 0.5) is 0 Å². The first-order chi connectivity index (χ1) is 13.6. The summed E-state index contributed by atoms with van der Waals surface area (Å²) in [6.07, 6.45) is 2.05. The van der Waals surface area contributed by atoms with Gasteiger partial charge in [-0.1, -0.05) is 24.3 Å². The molecule has 2 aliphatic rings. The lowest BCUT2D eigenvalue weighted by atomic mass is 10.0. The van der Waals surface area contributed by atoms with E-state index in [-0.39, 0.29) is 24.3 Å². The molecule has 0 spiro atoms.